The molecule has 0 atom stereocenters. The highest BCUT2D eigenvalue weighted by Crippen LogP contribution is 2.28. The van der Waals surface area contributed by atoms with Crippen LogP contribution in [-0.4, -0.2) is 46.2 Å². The quantitative estimate of drug-likeness (QED) is 0.861. The summed E-state index contributed by atoms with van der Waals surface area (Å²) in [4.78, 5) is 18.7. The second-order valence-electron chi connectivity index (χ2n) is 5.64. The van der Waals surface area contributed by atoms with Gasteiger partial charge in [-0.2, -0.15) is 5.10 Å². The Morgan fingerprint density at radius 1 is 1.25 bits per heavy atom. The molecule has 1 saturated heterocycles. The third-order valence-corrected chi connectivity index (χ3v) is 4.74. The molecule has 126 valence electrons. The Labute approximate surface area is 148 Å². The zero-order valence-electron chi connectivity index (χ0n) is 13.3. The van der Waals surface area contributed by atoms with Crippen LogP contribution in [0.25, 0.3) is 0 Å². The molecule has 1 aliphatic rings. The number of halogens is 1. The van der Waals surface area contributed by atoms with Crippen LogP contribution in [0.2, 0.25) is 0 Å². The first-order valence-corrected chi connectivity index (χ1v) is 8.46. The molecule has 0 aromatic carbocycles. The number of pyridine rings is 1. The molecule has 0 unspecified atom stereocenters. The third-order valence-electron chi connectivity index (χ3n) is 4.13. The van der Waals surface area contributed by atoms with Crippen LogP contribution in [0, 0.1) is 0 Å². The number of anilines is 1. The number of methoxy groups -OCH3 is 1. The van der Waals surface area contributed by atoms with Gasteiger partial charge in [-0.15, -0.1) is 5.10 Å². The smallest absolute Gasteiger partial charge is 0.272 e. The van der Waals surface area contributed by atoms with E-state index in [4.69, 9.17) is 10.5 Å². The van der Waals surface area contributed by atoms with Gasteiger partial charge >= 0.3 is 0 Å². The summed E-state index contributed by atoms with van der Waals surface area (Å²) in [5.41, 5.74) is 6.89. The molecule has 1 fully saturated rings. The largest absolute Gasteiger partial charge is 0.480 e. The highest BCUT2D eigenvalue weighted by atomic mass is 79.9. The highest BCUT2D eigenvalue weighted by Gasteiger charge is 2.26. The fourth-order valence-corrected chi connectivity index (χ4v) is 3.18. The van der Waals surface area contributed by atoms with Gasteiger partial charge in [0.1, 0.15) is 11.5 Å². The summed E-state index contributed by atoms with van der Waals surface area (Å²) >= 11 is 3.34. The number of ether oxygens (including phenoxy) is 1. The maximum Gasteiger partial charge on any atom is 0.272 e. The number of amides is 1. The molecule has 0 aliphatic carbocycles. The lowest BCUT2D eigenvalue weighted by Gasteiger charge is -2.31. The van der Waals surface area contributed by atoms with Crippen LogP contribution in [0.1, 0.15) is 34.9 Å². The average Bonchev–Trinajstić information content (AvgIpc) is 2.62. The fourth-order valence-electron chi connectivity index (χ4n) is 2.80. The summed E-state index contributed by atoms with van der Waals surface area (Å²) in [6.45, 7) is 1.32. The maximum atomic E-state index is 12.6. The van der Waals surface area contributed by atoms with Gasteiger partial charge in [0.25, 0.3) is 5.91 Å². The second-order valence-corrected chi connectivity index (χ2v) is 6.49. The zero-order valence-corrected chi connectivity index (χ0v) is 14.9. The van der Waals surface area contributed by atoms with E-state index in [0.717, 1.165) is 23.0 Å². The number of hydrogen-bond acceptors (Lipinski definition) is 6. The number of hydrogen-bond donors (Lipinski definition) is 1. The monoisotopic (exact) mass is 391 g/mol. The fraction of sp³-hybridized carbons (Fsp3) is 0.375. The van der Waals surface area contributed by atoms with Crippen molar-refractivity contribution in [3.63, 3.8) is 0 Å². The van der Waals surface area contributed by atoms with Crippen molar-refractivity contribution in [3.05, 3.63) is 40.1 Å². The normalized spacial score (nSPS) is 15.3. The van der Waals surface area contributed by atoms with Crippen molar-refractivity contribution in [2.45, 2.75) is 18.8 Å². The van der Waals surface area contributed by atoms with Gasteiger partial charge in [0, 0.05) is 19.0 Å². The van der Waals surface area contributed by atoms with E-state index in [1.165, 1.54) is 7.11 Å². The van der Waals surface area contributed by atoms with Crippen molar-refractivity contribution in [2.75, 3.05) is 25.9 Å². The van der Waals surface area contributed by atoms with E-state index >= 15 is 0 Å². The summed E-state index contributed by atoms with van der Waals surface area (Å²) in [7, 11) is 1.53. The topological polar surface area (TPSA) is 94.2 Å². The van der Waals surface area contributed by atoms with Gasteiger partial charge < -0.3 is 15.4 Å². The molecular weight excluding hydrogens is 374 g/mol. The minimum absolute atomic E-state index is 0.0809. The van der Waals surface area contributed by atoms with Crippen LogP contribution in [0.4, 0.5) is 5.82 Å². The Hall–Kier alpha value is -2.22. The van der Waals surface area contributed by atoms with Crippen LogP contribution >= 0.6 is 15.9 Å². The van der Waals surface area contributed by atoms with Crippen LogP contribution in [0.5, 0.6) is 5.88 Å². The molecule has 0 saturated carbocycles. The Morgan fingerprint density at radius 3 is 2.62 bits per heavy atom. The number of piperidine rings is 1. The molecule has 24 heavy (non-hydrogen) atoms. The summed E-state index contributed by atoms with van der Waals surface area (Å²) < 4.78 is 5.88. The molecule has 3 heterocycles. The van der Waals surface area contributed by atoms with E-state index in [1.807, 2.05) is 11.0 Å². The first kappa shape index (κ1) is 16.6. The third kappa shape index (κ3) is 3.48. The Balaban J connectivity index is 1.66. The first-order valence-electron chi connectivity index (χ1n) is 7.67. The standard InChI is InChI=1S/C16H18BrN5O2/c1-24-15-11(17)2-3-13(19-15)16(23)22-8-6-10(7-9-22)12-4-5-14(18)21-20-12/h2-5,10H,6-9H2,1H3,(H2,18,21). The number of likely N-dealkylation sites (tertiary alicyclic amines) is 1. The molecule has 0 radical (unpaired) electrons. The van der Waals surface area contributed by atoms with E-state index in [9.17, 15) is 4.79 Å². The summed E-state index contributed by atoms with van der Waals surface area (Å²) in [5.74, 6) is 1.05. The minimum atomic E-state index is -0.0809. The number of rotatable bonds is 3. The van der Waals surface area contributed by atoms with Gasteiger partial charge in [0.05, 0.1) is 17.3 Å². The van der Waals surface area contributed by atoms with E-state index in [1.54, 1.807) is 18.2 Å². The van der Waals surface area contributed by atoms with Crippen molar-refractivity contribution >= 4 is 27.7 Å². The van der Waals surface area contributed by atoms with Crippen molar-refractivity contribution in [3.8, 4) is 5.88 Å². The SMILES string of the molecule is COc1nc(C(=O)N2CCC(c3ccc(N)nn3)CC2)ccc1Br. The molecule has 3 rings (SSSR count). The number of nitrogens with zero attached hydrogens (tertiary/aromatic N) is 4. The Morgan fingerprint density at radius 2 is 2.00 bits per heavy atom. The highest BCUT2D eigenvalue weighted by molar-refractivity contribution is 9.10. The molecular formula is C16H18BrN5O2. The van der Waals surface area contributed by atoms with Crippen LogP contribution in [0.15, 0.2) is 28.7 Å². The van der Waals surface area contributed by atoms with Crippen molar-refractivity contribution in [2.24, 2.45) is 0 Å². The van der Waals surface area contributed by atoms with E-state index in [0.29, 0.717) is 36.4 Å². The average molecular weight is 392 g/mol. The molecule has 2 aromatic rings. The van der Waals surface area contributed by atoms with E-state index < -0.39 is 0 Å². The lowest BCUT2D eigenvalue weighted by molar-refractivity contribution is 0.0705. The zero-order chi connectivity index (χ0) is 17.1. The van der Waals surface area contributed by atoms with Gasteiger partial charge in [-0.05, 0) is 53.0 Å². The van der Waals surface area contributed by atoms with Gasteiger partial charge in [-0.3, -0.25) is 4.79 Å². The van der Waals surface area contributed by atoms with Gasteiger partial charge in [0.2, 0.25) is 5.88 Å². The van der Waals surface area contributed by atoms with Crippen LogP contribution in [0.3, 0.4) is 0 Å². The molecule has 2 aromatic heterocycles. The van der Waals surface area contributed by atoms with Crippen molar-refractivity contribution in [1.29, 1.82) is 0 Å². The Bertz CT molecular complexity index is 730. The number of carbonyl (C=O) groups is 1. The van der Waals surface area contributed by atoms with Crippen molar-refractivity contribution in [1.82, 2.24) is 20.1 Å². The first-order chi connectivity index (χ1) is 11.6. The minimum Gasteiger partial charge on any atom is -0.480 e. The number of carbonyl (C=O) groups excluding carboxylic acids is 1. The van der Waals surface area contributed by atoms with E-state index in [2.05, 4.69) is 31.1 Å². The maximum absolute atomic E-state index is 12.6. The lowest BCUT2D eigenvalue weighted by Crippen LogP contribution is -2.38. The van der Waals surface area contributed by atoms with E-state index in [-0.39, 0.29) is 5.91 Å². The molecule has 1 aliphatic heterocycles. The Kier molecular flexibility index (Phi) is 4.94. The number of nitrogens with two attached hydrogens (primary N) is 1. The molecule has 1 amide bonds. The lowest BCUT2D eigenvalue weighted by atomic mass is 9.93. The number of aromatic nitrogens is 3. The van der Waals surface area contributed by atoms with Gasteiger partial charge in [-0.25, -0.2) is 4.98 Å². The van der Waals surface area contributed by atoms with Gasteiger partial charge in [-0.1, -0.05) is 0 Å². The molecule has 0 spiro atoms. The molecule has 2 N–H and O–H groups in total. The van der Waals surface area contributed by atoms with Gasteiger partial charge in [0.15, 0.2) is 0 Å². The molecule has 8 heteroatoms. The van der Waals surface area contributed by atoms with Crippen LogP contribution < -0.4 is 10.5 Å². The summed E-state index contributed by atoms with van der Waals surface area (Å²) in [6, 6.07) is 7.14. The van der Waals surface area contributed by atoms with Crippen LogP contribution in [-0.2, 0) is 0 Å². The predicted octanol–water partition coefficient (Wildman–Crippen LogP) is 2.24. The predicted molar refractivity (Wildman–Crippen MR) is 92.8 cm³/mol. The van der Waals surface area contributed by atoms with Crippen molar-refractivity contribution < 1.29 is 9.53 Å². The molecule has 0 bridgehead atoms. The summed E-state index contributed by atoms with van der Waals surface area (Å²) in [5, 5.41) is 8.05. The second kappa shape index (κ2) is 7.12. The summed E-state index contributed by atoms with van der Waals surface area (Å²) in [6.07, 6.45) is 1.69. The molecule has 7 nitrogen and oxygen atoms in total. The number of nitrogen functional groups attached to an aromatic ring is 1.